The molecule has 7 heteroatoms. The van der Waals surface area contributed by atoms with Gasteiger partial charge in [0.25, 0.3) is 0 Å². The van der Waals surface area contributed by atoms with Crippen LogP contribution in [0.3, 0.4) is 0 Å². The molecule has 0 unspecified atom stereocenters. The van der Waals surface area contributed by atoms with E-state index in [2.05, 4.69) is 16.0 Å². The molecule has 0 atom stereocenters. The van der Waals surface area contributed by atoms with Crippen LogP contribution in [-0.4, -0.2) is 30.1 Å². The number of anilines is 1. The highest BCUT2D eigenvalue weighted by atomic mass is 16.6. The second-order valence-corrected chi connectivity index (χ2v) is 8.91. The van der Waals surface area contributed by atoms with Crippen LogP contribution in [0.4, 0.5) is 10.5 Å². The monoisotopic (exact) mass is 417 g/mol. The smallest absolute Gasteiger partial charge is 0.407 e. The Morgan fingerprint density at radius 3 is 2.47 bits per heavy atom. The van der Waals surface area contributed by atoms with Crippen LogP contribution in [0.25, 0.3) is 0 Å². The van der Waals surface area contributed by atoms with Gasteiger partial charge in [-0.3, -0.25) is 9.59 Å². The van der Waals surface area contributed by atoms with Crippen molar-refractivity contribution in [2.75, 3.05) is 11.9 Å². The summed E-state index contributed by atoms with van der Waals surface area (Å²) in [5.41, 5.74) is 1.08. The highest BCUT2D eigenvalue weighted by Gasteiger charge is 2.17. The molecule has 1 aliphatic carbocycles. The predicted octanol–water partition coefficient (Wildman–Crippen LogP) is 4.13. The molecule has 3 N–H and O–H groups in total. The van der Waals surface area contributed by atoms with Crippen LogP contribution in [0.1, 0.15) is 71.3 Å². The van der Waals surface area contributed by atoms with Crippen LogP contribution in [0.5, 0.6) is 0 Å². The maximum atomic E-state index is 12.3. The summed E-state index contributed by atoms with van der Waals surface area (Å²) in [6.07, 6.45) is 6.21. The van der Waals surface area contributed by atoms with E-state index in [9.17, 15) is 14.4 Å². The summed E-state index contributed by atoms with van der Waals surface area (Å²) in [6.45, 7) is 5.92. The van der Waals surface area contributed by atoms with Gasteiger partial charge in [-0.25, -0.2) is 4.79 Å². The van der Waals surface area contributed by atoms with Gasteiger partial charge >= 0.3 is 6.09 Å². The summed E-state index contributed by atoms with van der Waals surface area (Å²) in [7, 11) is 0. The van der Waals surface area contributed by atoms with Gasteiger partial charge in [0.05, 0.1) is 0 Å². The molecule has 3 amide bonds. The summed E-state index contributed by atoms with van der Waals surface area (Å²) < 4.78 is 5.13. The van der Waals surface area contributed by atoms with Gasteiger partial charge in [0.15, 0.2) is 0 Å². The van der Waals surface area contributed by atoms with Crippen molar-refractivity contribution in [1.82, 2.24) is 10.6 Å². The minimum atomic E-state index is -0.566. The first-order valence-electron chi connectivity index (χ1n) is 10.8. The quantitative estimate of drug-likeness (QED) is 0.593. The van der Waals surface area contributed by atoms with Crippen molar-refractivity contribution < 1.29 is 19.1 Å². The minimum absolute atomic E-state index is 0.0521. The lowest BCUT2D eigenvalue weighted by atomic mass is 9.87. The van der Waals surface area contributed by atoms with Crippen molar-refractivity contribution in [2.24, 2.45) is 5.92 Å². The van der Waals surface area contributed by atoms with Crippen LogP contribution in [0.15, 0.2) is 24.3 Å². The fourth-order valence-corrected chi connectivity index (χ4v) is 3.51. The topological polar surface area (TPSA) is 96.5 Å². The van der Waals surface area contributed by atoms with E-state index in [1.54, 1.807) is 20.8 Å². The molecule has 0 bridgehead atoms. The fourth-order valence-electron chi connectivity index (χ4n) is 3.51. The highest BCUT2D eigenvalue weighted by Crippen LogP contribution is 2.26. The maximum absolute atomic E-state index is 12.3. The minimum Gasteiger partial charge on any atom is -0.444 e. The van der Waals surface area contributed by atoms with Crippen molar-refractivity contribution in [1.29, 1.82) is 0 Å². The Hall–Kier alpha value is -2.57. The molecule has 1 aromatic carbocycles. The molecular formula is C23H35N3O4. The molecule has 0 saturated heterocycles. The van der Waals surface area contributed by atoms with E-state index >= 15 is 0 Å². The second-order valence-electron chi connectivity index (χ2n) is 8.91. The van der Waals surface area contributed by atoms with Crippen molar-refractivity contribution in [2.45, 2.75) is 77.9 Å². The number of rotatable bonds is 8. The van der Waals surface area contributed by atoms with E-state index in [4.69, 9.17) is 4.74 Å². The Morgan fingerprint density at radius 2 is 1.77 bits per heavy atom. The number of ether oxygens (including phenoxy) is 1. The van der Waals surface area contributed by atoms with E-state index in [-0.39, 0.29) is 24.8 Å². The van der Waals surface area contributed by atoms with Crippen molar-refractivity contribution >= 4 is 23.6 Å². The van der Waals surface area contributed by atoms with Crippen molar-refractivity contribution in [3.8, 4) is 0 Å². The Kier molecular flexibility index (Phi) is 9.15. The number of carbonyl (C=O) groups excluding carboxylic acids is 3. The Labute approximate surface area is 179 Å². The van der Waals surface area contributed by atoms with Gasteiger partial charge in [-0.1, -0.05) is 31.4 Å². The van der Waals surface area contributed by atoms with E-state index < -0.39 is 11.7 Å². The molecule has 0 spiro atoms. The molecule has 1 aromatic rings. The second kappa shape index (κ2) is 11.6. The van der Waals surface area contributed by atoms with E-state index in [0.29, 0.717) is 18.9 Å². The molecule has 30 heavy (non-hydrogen) atoms. The summed E-state index contributed by atoms with van der Waals surface area (Å²) >= 11 is 0. The van der Waals surface area contributed by atoms with Gasteiger partial charge in [0.1, 0.15) is 5.60 Å². The molecule has 0 radical (unpaired) electrons. The number of benzene rings is 1. The Morgan fingerprint density at radius 1 is 1.03 bits per heavy atom. The highest BCUT2D eigenvalue weighted by molar-refractivity contribution is 5.90. The third-order valence-corrected chi connectivity index (χ3v) is 4.92. The number of carbonyl (C=O) groups is 3. The first-order valence-corrected chi connectivity index (χ1v) is 10.8. The Bertz CT molecular complexity index is 721. The van der Waals surface area contributed by atoms with Crippen LogP contribution in [0, 0.1) is 5.92 Å². The van der Waals surface area contributed by atoms with E-state index in [1.165, 1.54) is 19.3 Å². The SMILES string of the molecule is CC(C)(C)OC(=O)NCCC(=O)NCc1cccc(NC(=O)CC2CCCCC2)c1. The molecule has 0 heterocycles. The number of nitrogens with one attached hydrogen (secondary N) is 3. The molecule has 166 valence electrons. The summed E-state index contributed by atoms with van der Waals surface area (Å²) in [4.78, 5) is 35.9. The van der Waals surface area contributed by atoms with Crippen LogP contribution >= 0.6 is 0 Å². The third-order valence-electron chi connectivity index (χ3n) is 4.92. The number of alkyl carbamates (subject to hydrolysis) is 1. The van der Waals surface area contributed by atoms with Gasteiger partial charge < -0.3 is 20.7 Å². The van der Waals surface area contributed by atoms with Crippen LogP contribution < -0.4 is 16.0 Å². The largest absolute Gasteiger partial charge is 0.444 e. The van der Waals surface area contributed by atoms with Crippen molar-refractivity contribution in [3.63, 3.8) is 0 Å². The number of hydrogen-bond donors (Lipinski definition) is 3. The van der Waals surface area contributed by atoms with Crippen LogP contribution in [0.2, 0.25) is 0 Å². The summed E-state index contributed by atoms with van der Waals surface area (Å²) in [6, 6.07) is 7.49. The standard InChI is InChI=1S/C23H35N3O4/c1-23(2,3)30-22(29)24-13-12-20(27)25-16-18-10-7-11-19(14-18)26-21(28)15-17-8-5-4-6-9-17/h7,10-11,14,17H,4-6,8-9,12-13,15-16H2,1-3H3,(H,24,29)(H,25,27)(H,26,28). The molecule has 0 aliphatic heterocycles. The third kappa shape index (κ3) is 9.76. The molecule has 7 nitrogen and oxygen atoms in total. The maximum Gasteiger partial charge on any atom is 0.407 e. The van der Waals surface area contributed by atoms with E-state index in [0.717, 1.165) is 24.1 Å². The van der Waals surface area contributed by atoms with E-state index in [1.807, 2.05) is 24.3 Å². The van der Waals surface area contributed by atoms with Gasteiger partial charge in [-0.05, 0) is 57.2 Å². The summed E-state index contributed by atoms with van der Waals surface area (Å²) in [5, 5.41) is 8.36. The first kappa shape index (κ1) is 23.7. The zero-order valence-electron chi connectivity index (χ0n) is 18.4. The predicted molar refractivity (Wildman–Crippen MR) is 117 cm³/mol. The van der Waals surface area contributed by atoms with Crippen molar-refractivity contribution in [3.05, 3.63) is 29.8 Å². The van der Waals surface area contributed by atoms with Crippen LogP contribution in [-0.2, 0) is 20.9 Å². The molecule has 2 rings (SSSR count). The average Bonchev–Trinajstić information content (AvgIpc) is 2.66. The lowest BCUT2D eigenvalue weighted by molar-refractivity contribution is -0.121. The zero-order chi connectivity index (χ0) is 22.0. The van der Waals surface area contributed by atoms with Gasteiger partial charge in [0, 0.05) is 31.6 Å². The normalized spacial score (nSPS) is 14.6. The van der Waals surface area contributed by atoms with Gasteiger partial charge in [-0.2, -0.15) is 0 Å². The lowest BCUT2D eigenvalue weighted by Gasteiger charge is -2.20. The number of hydrogen-bond acceptors (Lipinski definition) is 4. The molecule has 0 aromatic heterocycles. The molecule has 1 fully saturated rings. The molecule has 1 saturated carbocycles. The fraction of sp³-hybridized carbons (Fsp3) is 0.609. The summed E-state index contributed by atoms with van der Waals surface area (Å²) in [5.74, 6) is 0.379. The number of amides is 3. The molecular weight excluding hydrogens is 382 g/mol. The average molecular weight is 418 g/mol. The lowest BCUT2D eigenvalue weighted by Crippen LogP contribution is -2.35. The Balaban J connectivity index is 1.69. The first-order chi connectivity index (χ1) is 14.2. The van der Waals surface area contributed by atoms with Gasteiger partial charge in [0.2, 0.25) is 11.8 Å². The molecule has 1 aliphatic rings. The zero-order valence-corrected chi connectivity index (χ0v) is 18.4. The van der Waals surface area contributed by atoms with Gasteiger partial charge in [-0.15, -0.1) is 0 Å².